The first kappa shape index (κ1) is 6.09. The van der Waals surface area contributed by atoms with Crippen LogP contribution in [0.2, 0.25) is 0 Å². The molecule has 1 fully saturated rings. The van der Waals surface area contributed by atoms with E-state index in [1.807, 2.05) is 6.07 Å². The van der Waals surface area contributed by atoms with Crippen molar-refractivity contribution in [3.05, 3.63) is 0 Å². The van der Waals surface area contributed by atoms with Gasteiger partial charge in [-0.1, -0.05) is 0 Å². The highest BCUT2D eigenvalue weighted by Gasteiger charge is 2.22. The molecule has 0 bridgehead atoms. The summed E-state index contributed by atoms with van der Waals surface area (Å²) in [6.07, 6.45) is 1.19. The Morgan fingerprint density at radius 3 is 3.11 bits per heavy atom. The first-order valence-corrected chi connectivity index (χ1v) is 2.99. The molecule has 1 amide bonds. The number of rotatable bonds is 1. The Bertz CT molecular complexity index is 159. The summed E-state index contributed by atoms with van der Waals surface area (Å²) in [6, 6.07) is 1.98. The molecule has 3 nitrogen and oxygen atoms in total. The lowest BCUT2D eigenvalue weighted by Gasteiger charge is -1.95. The van der Waals surface area contributed by atoms with Gasteiger partial charge in [0.05, 0.1) is 12.0 Å². The Hall–Kier alpha value is -1.04. The third kappa shape index (κ3) is 1.20. The lowest BCUT2D eigenvalue weighted by Crippen LogP contribution is -2.18. The Balaban J connectivity index is 2.42. The standard InChI is InChI=1S/C6H8N2O/c7-3-1-5-2-4-8-6(5)9/h5H,1-2,4H2,(H,8,9)/t5-/m0/s1. The maximum absolute atomic E-state index is 10.7. The van der Waals surface area contributed by atoms with E-state index in [-0.39, 0.29) is 11.8 Å². The SMILES string of the molecule is N#CC[C@H]1CCNC1=O. The van der Waals surface area contributed by atoms with Crippen molar-refractivity contribution in [3.8, 4) is 6.07 Å². The van der Waals surface area contributed by atoms with Gasteiger partial charge in [0.25, 0.3) is 0 Å². The van der Waals surface area contributed by atoms with Crippen molar-refractivity contribution in [2.24, 2.45) is 5.92 Å². The number of carbonyl (C=O) groups excluding carboxylic acids is 1. The molecule has 1 rings (SSSR count). The molecule has 1 aliphatic rings. The summed E-state index contributed by atoms with van der Waals surface area (Å²) in [6.45, 7) is 0.741. The van der Waals surface area contributed by atoms with E-state index in [0.717, 1.165) is 13.0 Å². The van der Waals surface area contributed by atoms with Gasteiger partial charge in [0.1, 0.15) is 0 Å². The molecule has 0 spiro atoms. The minimum absolute atomic E-state index is 0.0324. The number of nitriles is 1. The number of hydrogen-bond donors (Lipinski definition) is 1. The summed E-state index contributed by atoms with van der Waals surface area (Å²) >= 11 is 0. The molecule has 1 saturated heterocycles. The van der Waals surface area contributed by atoms with Gasteiger partial charge in [-0.2, -0.15) is 5.26 Å². The van der Waals surface area contributed by atoms with Gasteiger partial charge < -0.3 is 5.32 Å². The second kappa shape index (κ2) is 2.49. The minimum atomic E-state index is -0.0324. The lowest BCUT2D eigenvalue weighted by molar-refractivity contribution is -0.122. The molecule has 0 aliphatic carbocycles. The molecule has 0 aromatic heterocycles. The zero-order chi connectivity index (χ0) is 6.69. The summed E-state index contributed by atoms with van der Waals surface area (Å²) < 4.78 is 0. The number of hydrogen-bond acceptors (Lipinski definition) is 2. The highest BCUT2D eigenvalue weighted by atomic mass is 16.2. The largest absolute Gasteiger partial charge is 0.356 e. The second-order valence-corrected chi connectivity index (χ2v) is 2.14. The van der Waals surface area contributed by atoms with Crippen molar-refractivity contribution in [2.45, 2.75) is 12.8 Å². The molecule has 1 aliphatic heterocycles. The first-order valence-electron chi connectivity index (χ1n) is 2.99. The quantitative estimate of drug-likeness (QED) is 0.536. The van der Waals surface area contributed by atoms with Crippen LogP contribution in [0.3, 0.4) is 0 Å². The number of amides is 1. The highest BCUT2D eigenvalue weighted by molar-refractivity contribution is 5.80. The van der Waals surface area contributed by atoms with Crippen LogP contribution in [0.15, 0.2) is 0 Å². The van der Waals surface area contributed by atoms with E-state index in [2.05, 4.69) is 5.32 Å². The molecule has 1 N–H and O–H groups in total. The van der Waals surface area contributed by atoms with Gasteiger partial charge >= 0.3 is 0 Å². The van der Waals surface area contributed by atoms with Crippen molar-refractivity contribution >= 4 is 5.91 Å². The molecule has 3 heteroatoms. The van der Waals surface area contributed by atoms with Crippen LogP contribution in [0.1, 0.15) is 12.8 Å². The van der Waals surface area contributed by atoms with Crippen LogP contribution in [0.25, 0.3) is 0 Å². The van der Waals surface area contributed by atoms with E-state index in [1.165, 1.54) is 0 Å². The first-order chi connectivity index (χ1) is 4.34. The summed E-state index contributed by atoms with van der Waals surface area (Å²) in [5.41, 5.74) is 0. The minimum Gasteiger partial charge on any atom is -0.356 e. The van der Waals surface area contributed by atoms with Crippen LogP contribution < -0.4 is 5.32 Å². The van der Waals surface area contributed by atoms with Gasteiger partial charge in [-0.15, -0.1) is 0 Å². The van der Waals surface area contributed by atoms with Crippen LogP contribution in [0, 0.1) is 17.2 Å². The third-order valence-corrected chi connectivity index (χ3v) is 1.50. The molecule has 0 aromatic rings. The average Bonchev–Trinajstić information content (AvgIpc) is 2.18. The molecule has 1 atom stereocenters. The Kier molecular flexibility index (Phi) is 1.69. The molecule has 9 heavy (non-hydrogen) atoms. The second-order valence-electron chi connectivity index (χ2n) is 2.14. The highest BCUT2D eigenvalue weighted by Crippen LogP contribution is 2.11. The number of nitrogens with one attached hydrogen (secondary N) is 1. The van der Waals surface area contributed by atoms with Crippen LogP contribution in [0.4, 0.5) is 0 Å². The molecule has 48 valence electrons. The molecule has 0 aromatic carbocycles. The fourth-order valence-corrected chi connectivity index (χ4v) is 0.950. The molecular weight excluding hydrogens is 116 g/mol. The van der Waals surface area contributed by atoms with Crippen molar-refractivity contribution in [1.82, 2.24) is 5.32 Å². The van der Waals surface area contributed by atoms with Crippen molar-refractivity contribution in [3.63, 3.8) is 0 Å². The van der Waals surface area contributed by atoms with Crippen LogP contribution in [-0.4, -0.2) is 12.5 Å². The number of carbonyl (C=O) groups is 1. The summed E-state index contributed by atoms with van der Waals surface area (Å²) in [5, 5.41) is 10.9. The van der Waals surface area contributed by atoms with Crippen LogP contribution in [0.5, 0.6) is 0 Å². The Morgan fingerprint density at radius 2 is 2.67 bits per heavy atom. The van der Waals surface area contributed by atoms with E-state index in [4.69, 9.17) is 5.26 Å². The van der Waals surface area contributed by atoms with E-state index in [0.29, 0.717) is 6.42 Å². The zero-order valence-corrected chi connectivity index (χ0v) is 5.05. The van der Waals surface area contributed by atoms with Gasteiger partial charge in [0.15, 0.2) is 0 Å². The Labute approximate surface area is 53.7 Å². The van der Waals surface area contributed by atoms with Crippen molar-refractivity contribution in [2.75, 3.05) is 6.54 Å². The van der Waals surface area contributed by atoms with E-state index >= 15 is 0 Å². The molecule has 0 saturated carbocycles. The van der Waals surface area contributed by atoms with Gasteiger partial charge in [-0.3, -0.25) is 4.79 Å². The van der Waals surface area contributed by atoms with Gasteiger partial charge in [0.2, 0.25) is 5.91 Å². The predicted octanol–water partition coefficient (Wildman–Crippen LogP) is 0.0362. The summed E-state index contributed by atoms with van der Waals surface area (Å²) in [5.74, 6) is 0.00606. The monoisotopic (exact) mass is 124 g/mol. The normalized spacial score (nSPS) is 25.2. The summed E-state index contributed by atoms with van der Waals surface area (Å²) in [4.78, 5) is 10.7. The van der Waals surface area contributed by atoms with Crippen molar-refractivity contribution in [1.29, 1.82) is 5.26 Å². The molecule has 0 radical (unpaired) electrons. The third-order valence-electron chi connectivity index (χ3n) is 1.50. The molecular formula is C6H8N2O. The summed E-state index contributed by atoms with van der Waals surface area (Å²) in [7, 11) is 0. The Morgan fingerprint density at radius 1 is 1.89 bits per heavy atom. The van der Waals surface area contributed by atoms with Crippen molar-refractivity contribution < 1.29 is 4.79 Å². The number of nitrogens with zero attached hydrogens (tertiary/aromatic N) is 1. The average molecular weight is 124 g/mol. The fraction of sp³-hybridized carbons (Fsp3) is 0.667. The lowest BCUT2D eigenvalue weighted by atomic mass is 10.1. The predicted molar refractivity (Wildman–Crippen MR) is 31.3 cm³/mol. The zero-order valence-electron chi connectivity index (χ0n) is 5.05. The van der Waals surface area contributed by atoms with Gasteiger partial charge in [0, 0.05) is 13.0 Å². The maximum atomic E-state index is 10.7. The van der Waals surface area contributed by atoms with E-state index in [1.54, 1.807) is 0 Å². The van der Waals surface area contributed by atoms with Crippen LogP contribution in [-0.2, 0) is 4.79 Å². The van der Waals surface area contributed by atoms with E-state index < -0.39 is 0 Å². The van der Waals surface area contributed by atoms with Crippen LogP contribution >= 0.6 is 0 Å². The topological polar surface area (TPSA) is 52.9 Å². The van der Waals surface area contributed by atoms with Gasteiger partial charge in [-0.25, -0.2) is 0 Å². The fourth-order valence-electron chi connectivity index (χ4n) is 0.950. The maximum Gasteiger partial charge on any atom is 0.224 e. The van der Waals surface area contributed by atoms with E-state index in [9.17, 15) is 4.79 Å². The smallest absolute Gasteiger partial charge is 0.224 e. The molecule has 0 unspecified atom stereocenters. The molecule has 1 heterocycles. The van der Waals surface area contributed by atoms with Gasteiger partial charge in [-0.05, 0) is 6.42 Å².